The predicted octanol–water partition coefficient (Wildman–Crippen LogP) is 2.74. The van der Waals surface area contributed by atoms with Crippen molar-refractivity contribution in [3.05, 3.63) is 0 Å². The van der Waals surface area contributed by atoms with Crippen LogP contribution < -0.4 is 5.32 Å². The fourth-order valence-electron chi connectivity index (χ4n) is 1.89. The highest BCUT2D eigenvalue weighted by molar-refractivity contribution is 4.78. The first-order valence-corrected chi connectivity index (χ1v) is 6.46. The second-order valence-electron chi connectivity index (χ2n) is 4.98. The average molecular weight is 214 g/mol. The highest BCUT2D eigenvalue weighted by Crippen LogP contribution is 2.08. The van der Waals surface area contributed by atoms with Crippen LogP contribution in [0.5, 0.6) is 0 Å². The lowest BCUT2D eigenvalue weighted by atomic mass is 10.0. The van der Waals surface area contributed by atoms with Crippen LogP contribution >= 0.6 is 0 Å². The van der Waals surface area contributed by atoms with Crippen LogP contribution in [0.4, 0.5) is 0 Å². The van der Waals surface area contributed by atoms with E-state index >= 15 is 0 Å². The van der Waals surface area contributed by atoms with E-state index in [2.05, 4.69) is 51.9 Å². The minimum atomic E-state index is 0.632. The molecule has 2 heteroatoms. The Bertz CT molecular complexity index is 145. The summed E-state index contributed by atoms with van der Waals surface area (Å²) in [6, 6.07) is 1.26. The molecule has 0 aliphatic carbocycles. The van der Waals surface area contributed by atoms with Gasteiger partial charge in [0.2, 0.25) is 0 Å². The second kappa shape index (κ2) is 8.12. The monoisotopic (exact) mass is 214 g/mol. The van der Waals surface area contributed by atoms with Crippen molar-refractivity contribution in [3.63, 3.8) is 0 Å². The molecule has 2 unspecified atom stereocenters. The van der Waals surface area contributed by atoms with Crippen LogP contribution in [0.3, 0.4) is 0 Å². The van der Waals surface area contributed by atoms with E-state index in [4.69, 9.17) is 0 Å². The lowest BCUT2D eigenvalue weighted by molar-refractivity contribution is 0.195. The number of hydrogen-bond acceptors (Lipinski definition) is 2. The molecule has 0 aromatic heterocycles. The minimum Gasteiger partial charge on any atom is -0.313 e. The van der Waals surface area contributed by atoms with Crippen molar-refractivity contribution in [1.29, 1.82) is 0 Å². The first kappa shape index (κ1) is 14.9. The van der Waals surface area contributed by atoms with Gasteiger partial charge < -0.3 is 10.2 Å². The zero-order valence-corrected chi connectivity index (χ0v) is 11.5. The molecule has 0 fully saturated rings. The molecule has 0 aromatic carbocycles. The van der Waals surface area contributed by atoms with Crippen molar-refractivity contribution in [2.45, 2.75) is 59.5 Å². The van der Waals surface area contributed by atoms with E-state index in [9.17, 15) is 0 Å². The molecule has 0 saturated heterocycles. The number of nitrogens with one attached hydrogen (secondary N) is 1. The first-order valence-electron chi connectivity index (χ1n) is 6.46. The summed E-state index contributed by atoms with van der Waals surface area (Å²) in [5, 5.41) is 3.56. The lowest BCUT2D eigenvalue weighted by Crippen LogP contribution is -2.47. The summed E-state index contributed by atoms with van der Waals surface area (Å²) in [5.41, 5.74) is 0. The van der Waals surface area contributed by atoms with Gasteiger partial charge in [0.1, 0.15) is 0 Å². The Morgan fingerprint density at radius 2 is 1.73 bits per heavy atom. The maximum Gasteiger partial charge on any atom is 0.0217 e. The van der Waals surface area contributed by atoms with Gasteiger partial charge in [0, 0.05) is 12.1 Å². The van der Waals surface area contributed by atoms with Crippen LogP contribution in [0.25, 0.3) is 0 Å². The van der Waals surface area contributed by atoms with Gasteiger partial charge in [-0.3, -0.25) is 0 Å². The van der Waals surface area contributed by atoms with E-state index in [0.29, 0.717) is 12.1 Å². The molecule has 0 saturated carbocycles. The normalized spacial score (nSPS) is 16.0. The highest BCUT2D eigenvalue weighted by Gasteiger charge is 2.18. The van der Waals surface area contributed by atoms with Crippen molar-refractivity contribution in [2.75, 3.05) is 20.1 Å². The molecule has 0 aliphatic heterocycles. The summed E-state index contributed by atoms with van der Waals surface area (Å²) in [6.45, 7) is 13.6. The molecular weight excluding hydrogens is 184 g/mol. The zero-order valence-electron chi connectivity index (χ0n) is 11.5. The molecule has 2 atom stereocenters. The van der Waals surface area contributed by atoms with E-state index in [1.807, 2.05) is 0 Å². The smallest absolute Gasteiger partial charge is 0.0217 e. The van der Waals surface area contributed by atoms with Crippen LogP contribution in [0.15, 0.2) is 0 Å². The van der Waals surface area contributed by atoms with Gasteiger partial charge in [-0.2, -0.15) is 0 Å². The Kier molecular flexibility index (Phi) is 8.07. The van der Waals surface area contributed by atoms with Crippen molar-refractivity contribution in [1.82, 2.24) is 10.2 Å². The fourth-order valence-corrected chi connectivity index (χ4v) is 1.89. The van der Waals surface area contributed by atoms with Crippen LogP contribution in [0.1, 0.15) is 47.5 Å². The third-order valence-electron chi connectivity index (χ3n) is 3.24. The van der Waals surface area contributed by atoms with Gasteiger partial charge in [-0.25, -0.2) is 0 Å². The Morgan fingerprint density at radius 3 is 2.13 bits per heavy atom. The molecule has 0 amide bonds. The van der Waals surface area contributed by atoms with Crippen LogP contribution in [-0.2, 0) is 0 Å². The Balaban J connectivity index is 3.97. The maximum absolute atomic E-state index is 3.56. The lowest BCUT2D eigenvalue weighted by Gasteiger charge is -2.32. The highest BCUT2D eigenvalue weighted by atomic mass is 15.2. The number of likely N-dealkylation sites (N-methyl/N-ethyl adjacent to an activating group) is 2. The standard InChI is InChI=1S/C13H30N2/c1-7-13(14-8-2)12(5)15(6)10-9-11(3)4/h11-14H,7-10H2,1-6H3. The number of rotatable bonds is 8. The molecule has 0 radical (unpaired) electrons. The zero-order chi connectivity index (χ0) is 11.8. The summed E-state index contributed by atoms with van der Waals surface area (Å²) >= 11 is 0. The van der Waals surface area contributed by atoms with Crippen molar-refractivity contribution in [2.24, 2.45) is 5.92 Å². The van der Waals surface area contributed by atoms with E-state index in [1.54, 1.807) is 0 Å². The SMILES string of the molecule is CCNC(CC)C(C)N(C)CCC(C)C. The van der Waals surface area contributed by atoms with Crippen molar-refractivity contribution < 1.29 is 0 Å². The van der Waals surface area contributed by atoms with E-state index < -0.39 is 0 Å². The molecule has 0 aromatic rings. The van der Waals surface area contributed by atoms with Gasteiger partial charge in [0.15, 0.2) is 0 Å². The summed E-state index contributed by atoms with van der Waals surface area (Å²) in [4.78, 5) is 2.48. The van der Waals surface area contributed by atoms with E-state index in [0.717, 1.165) is 12.5 Å². The predicted molar refractivity (Wildman–Crippen MR) is 69.3 cm³/mol. The summed E-state index contributed by atoms with van der Waals surface area (Å²) in [5.74, 6) is 0.805. The first-order chi connectivity index (χ1) is 7.02. The maximum atomic E-state index is 3.56. The third kappa shape index (κ3) is 6.16. The van der Waals surface area contributed by atoms with Gasteiger partial charge in [-0.05, 0) is 45.8 Å². The summed E-state index contributed by atoms with van der Waals surface area (Å²) in [6.07, 6.45) is 2.50. The molecule has 15 heavy (non-hydrogen) atoms. The van der Waals surface area contributed by atoms with Crippen LogP contribution in [-0.4, -0.2) is 37.1 Å². The Morgan fingerprint density at radius 1 is 1.13 bits per heavy atom. The average Bonchev–Trinajstić information content (AvgIpc) is 2.21. The fraction of sp³-hybridized carbons (Fsp3) is 1.00. The van der Waals surface area contributed by atoms with Crippen LogP contribution in [0.2, 0.25) is 0 Å². The quantitative estimate of drug-likeness (QED) is 0.668. The second-order valence-corrected chi connectivity index (χ2v) is 4.98. The summed E-state index contributed by atoms with van der Waals surface area (Å²) < 4.78 is 0. The van der Waals surface area contributed by atoms with Gasteiger partial charge in [0.25, 0.3) is 0 Å². The minimum absolute atomic E-state index is 0.632. The third-order valence-corrected chi connectivity index (χ3v) is 3.24. The molecule has 92 valence electrons. The van der Waals surface area contributed by atoms with Gasteiger partial charge in [-0.15, -0.1) is 0 Å². The van der Waals surface area contributed by atoms with Crippen molar-refractivity contribution >= 4 is 0 Å². The summed E-state index contributed by atoms with van der Waals surface area (Å²) in [7, 11) is 2.24. The van der Waals surface area contributed by atoms with Crippen LogP contribution in [0, 0.1) is 5.92 Å². The number of hydrogen-bond donors (Lipinski definition) is 1. The molecule has 0 spiro atoms. The molecule has 0 bridgehead atoms. The van der Waals surface area contributed by atoms with Gasteiger partial charge in [-0.1, -0.05) is 27.7 Å². The van der Waals surface area contributed by atoms with Crippen molar-refractivity contribution in [3.8, 4) is 0 Å². The largest absolute Gasteiger partial charge is 0.313 e. The molecule has 0 rings (SSSR count). The van der Waals surface area contributed by atoms with E-state index in [-0.39, 0.29) is 0 Å². The van der Waals surface area contributed by atoms with E-state index in [1.165, 1.54) is 19.4 Å². The topological polar surface area (TPSA) is 15.3 Å². The Labute approximate surface area is 96.4 Å². The molecule has 2 nitrogen and oxygen atoms in total. The molecule has 1 N–H and O–H groups in total. The number of nitrogens with zero attached hydrogens (tertiary/aromatic N) is 1. The van der Waals surface area contributed by atoms with Gasteiger partial charge in [0.05, 0.1) is 0 Å². The molecule has 0 heterocycles. The molecule has 0 aliphatic rings. The van der Waals surface area contributed by atoms with Gasteiger partial charge >= 0.3 is 0 Å². The Hall–Kier alpha value is -0.0800. The molecular formula is C13H30N2.